The van der Waals surface area contributed by atoms with Crippen LogP contribution >= 0.6 is 0 Å². The Hall–Kier alpha value is -2.52. The van der Waals surface area contributed by atoms with Gasteiger partial charge in [0.05, 0.1) is 19.8 Å². The number of allylic oxidation sites excluding steroid dienone is 1. The Morgan fingerprint density at radius 2 is 1.95 bits per heavy atom. The third kappa shape index (κ3) is 2.23. The van der Waals surface area contributed by atoms with E-state index in [2.05, 4.69) is 0 Å². The standard InChI is InChI=1S/C14H12O5/c1-8(7-15)11-5-9-4-10(17-2)6-12(18-3)13(9)14(16)19-11/h4-6H,1-3H3. The zero-order valence-corrected chi connectivity index (χ0v) is 10.8. The Kier molecular flexibility index (Phi) is 3.40. The van der Waals surface area contributed by atoms with Crippen molar-refractivity contribution >= 4 is 22.3 Å². The fourth-order valence-electron chi connectivity index (χ4n) is 1.78. The van der Waals surface area contributed by atoms with Gasteiger partial charge < -0.3 is 13.9 Å². The first kappa shape index (κ1) is 12.9. The van der Waals surface area contributed by atoms with E-state index in [0.717, 1.165) is 0 Å². The van der Waals surface area contributed by atoms with E-state index in [-0.39, 0.29) is 11.3 Å². The van der Waals surface area contributed by atoms with Crippen LogP contribution in [0.5, 0.6) is 11.5 Å². The lowest BCUT2D eigenvalue weighted by molar-refractivity contribution is 0.396. The molecule has 0 N–H and O–H groups in total. The lowest BCUT2D eigenvalue weighted by atomic mass is 10.1. The molecule has 1 heterocycles. The van der Waals surface area contributed by atoms with Crippen LogP contribution in [0.4, 0.5) is 0 Å². The van der Waals surface area contributed by atoms with Crippen LogP contribution in [0.2, 0.25) is 0 Å². The number of carbonyl (C=O) groups excluding carboxylic acids is 1. The van der Waals surface area contributed by atoms with Crippen molar-refractivity contribution in [3.63, 3.8) is 0 Å². The van der Waals surface area contributed by atoms with Crippen molar-refractivity contribution in [1.82, 2.24) is 0 Å². The number of ether oxygens (including phenoxy) is 2. The first-order valence-electron chi connectivity index (χ1n) is 5.52. The minimum absolute atomic E-state index is 0.183. The molecule has 1 aromatic carbocycles. The van der Waals surface area contributed by atoms with E-state index in [1.54, 1.807) is 24.1 Å². The van der Waals surface area contributed by atoms with Crippen LogP contribution in [-0.2, 0) is 4.79 Å². The first-order valence-corrected chi connectivity index (χ1v) is 5.52. The normalized spacial score (nSPS) is 10.1. The number of fused-ring (bicyclic) bond motifs is 1. The summed E-state index contributed by atoms with van der Waals surface area (Å²) in [6.07, 6.45) is 0. The Morgan fingerprint density at radius 1 is 1.21 bits per heavy atom. The largest absolute Gasteiger partial charge is 0.497 e. The third-order valence-corrected chi connectivity index (χ3v) is 2.78. The van der Waals surface area contributed by atoms with Gasteiger partial charge in [-0.1, -0.05) is 0 Å². The quantitative estimate of drug-likeness (QED) is 0.790. The molecule has 0 amide bonds. The monoisotopic (exact) mass is 260 g/mol. The van der Waals surface area contributed by atoms with Crippen LogP contribution in [0.15, 0.2) is 27.4 Å². The van der Waals surface area contributed by atoms with Gasteiger partial charge >= 0.3 is 5.63 Å². The highest BCUT2D eigenvalue weighted by Gasteiger charge is 2.13. The van der Waals surface area contributed by atoms with Crippen molar-refractivity contribution < 1.29 is 18.7 Å². The van der Waals surface area contributed by atoms with Gasteiger partial charge in [-0.3, -0.25) is 0 Å². The van der Waals surface area contributed by atoms with E-state index >= 15 is 0 Å². The highest BCUT2D eigenvalue weighted by Crippen LogP contribution is 2.30. The third-order valence-electron chi connectivity index (χ3n) is 2.78. The molecule has 0 fully saturated rings. The number of hydrogen-bond donors (Lipinski definition) is 0. The summed E-state index contributed by atoms with van der Waals surface area (Å²) in [6.45, 7) is 1.52. The second kappa shape index (κ2) is 5.00. The van der Waals surface area contributed by atoms with Gasteiger partial charge in [-0.15, -0.1) is 0 Å². The molecule has 0 aliphatic rings. The maximum Gasteiger partial charge on any atom is 0.347 e. The minimum Gasteiger partial charge on any atom is -0.497 e. The summed E-state index contributed by atoms with van der Waals surface area (Å²) in [5.74, 6) is 2.80. The number of rotatable bonds is 3. The molecule has 0 saturated heterocycles. The average Bonchev–Trinajstić information content (AvgIpc) is 2.44. The van der Waals surface area contributed by atoms with Gasteiger partial charge in [-0.05, 0) is 19.1 Å². The van der Waals surface area contributed by atoms with Crippen molar-refractivity contribution in [2.75, 3.05) is 14.2 Å². The molecule has 98 valence electrons. The fraction of sp³-hybridized carbons (Fsp3) is 0.214. The first-order chi connectivity index (χ1) is 9.10. The molecule has 0 atom stereocenters. The molecule has 0 spiro atoms. The van der Waals surface area contributed by atoms with Crippen LogP contribution in [0, 0.1) is 0 Å². The van der Waals surface area contributed by atoms with Gasteiger partial charge in [0.1, 0.15) is 28.6 Å². The lowest BCUT2D eigenvalue weighted by Gasteiger charge is -2.08. The predicted molar refractivity (Wildman–Crippen MR) is 70.4 cm³/mol. The van der Waals surface area contributed by atoms with E-state index in [1.165, 1.54) is 21.1 Å². The van der Waals surface area contributed by atoms with Gasteiger partial charge in [0.2, 0.25) is 0 Å². The lowest BCUT2D eigenvalue weighted by Crippen LogP contribution is -2.04. The molecule has 0 aliphatic carbocycles. The van der Waals surface area contributed by atoms with E-state index in [1.807, 2.05) is 0 Å². The maximum atomic E-state index is 12.0. The van der Waals surface area contributed by atoms with Crippen molar-refractivity contribution in [3.8, 4) is 11.5 Å². The van der Waals surface area contributed by atoms with Gasteiger partial charge in [0.15, 0.2) is 0 Å². The number of methoxy groups -OCH3 is 2. The van der Waals surface area contributed by atoms with Gasteiger partial charge in [-0.2, -0.15) is 0 Å². The molecule has 5 nitrogen and oxygen atoms in total. The van der Waals surface area contributed by atoms with Crippen LogP contribution in [0.1, 0.15) is 12.7 Å². The molecule has 19 heavy (non-hydrogen) atoms. The summed E-state index contributed by atoms with van der Waals surface area (Å²) < 4.78 is 15.4. The average molecular weight is 260 g/mol. The molecule has 0 unspecified atom stereocenters. The van der Waals surface area contributed by atoms with E-state index in [9.17, 15) is 9.59 Å². The molecule has 0 saturated carbocycles. The summed E-state index contributed by atoms with van der Waals surface area (Å²) in [7, 11) is 2.97. The van der Waals surface area contributed by atoms with Gasteiger partial charge in [0.25, 0.3) is 0 Å². The minimum atomic E-state index is -0.568. The Balaban J connectivity index is 2.87. The second-order valence-corrected chi connectivity index (χ2v) is 3.92. The zero-order valence-electron chi connectivity index (χ0n) is 10.8. The number of benzene rings is 1. The predicted octanol–water partition coefficient (Wildman–Crippen LogP) is 2.05. The highest BCUT2D eigenvalue weighted by atomic mass is 16.5. The molecule has 0 bridgehead atoms. The Morgan fingerprint density at radius 3 is 2.53 bits per heavy atom. The van der Waals surface area contributed by atoms with E-state index in [4.69, 9.17) is 13.9 Å². The molecular formula is C14H12O5. The Bertz CT molecular complexity index is 735. The van der Waals surface area contributed by atoms with Gasteiger partial charge in [-0.25, -0.2) is 9.59 Å². The fourth-order valence-corrected chi connectivity index (χ4v) is 1.78. The maximum absolute atomic E-state index is 12.0. The zero-order chi connectivity index (χ0) is 14.0. The molecular weight excluding hydrogens is 248 g/mol. The smallest absolute Gasteiger partial charge is 0.347 e. The summed E-state index contributed by atoms with van der Waals surface area (Å²) in [6, 6.07) is 4.86. The van der Waals surface area contributed by atoms with Crippen LogP contribution < -0.4 is 15.1 Å². The summed E-state index contributed by atoms with van der Waals surface area (Å²) in [5, 5.41) is 0.891. The topological polar surface area (TPSA) is 65.7 Å². The van der Waals surface area contributed by atoms with E-state index in [0.29, 0.717) is 22.3 Å². The summed E-state index contributed by atoms with van der Waals surface area (Å²) >= 11 is 0. The highest BCUT2D eigenvalue weighted by molar-refractivity contribution is 5.92. The molecule has 2 aromatic rings. The van der Waals surface area contributed by atoms with Crippen molar-refractivity contribution in [1.29, 1.82) is 0 Å². The molecule has 0 aliphatic heterocycles. The van der Waals surface area contributed by atoms with Crippen LogP contribution in [-0.4, -0.2) is 20.2 Å². The Labute approximate surface area is 109 Å². The molecule has 2 rings (SSSR count). The SMILES string of the molecule is COc1cc(OC)c2c(=O)oc(C(C)=C=O)cc2c1. The molecule has 1 aromatic heterocycles. The summed E-state index contributed by atoms with van der Waals surface area (Å²) in [5.41, 5.74) is -0.345. The second-order valence-electron chi connectivity index (χ2n) is 3.92. The molecule has 5 heteroatoms. The van der Waals surface area contributed by atoms with Gasteiger partial charge in [0, 0.05) is 11.5 Å². The molecule has 0 radical (unpaired) electrons. The van der Waals surface area contributed by atoms with Crippen molar-refractivity contribution in [2.45, 2.75) is 6.92 Å². The van der Waals surface area contributed by atoms with Crippen molar-refractivity contribution in [3.05, 3.63) is 34.4 Å². The summed E-state index contributed by atoms with van der Waals surface area (Å²) in [4.78, 5) is 22.6. The van der Waals surface area contributed by atoms with Crippen LogP contribution in [0.3, 0.4) is 0 Å². The van der Waals surface area contributed by atoms with Crippen LogP contribution in [0.25, 0.3) is 16.3 Å². The van der Waals surface area contributed by atoms with Crippen molar-refractivity contribution in [2.24, 2.45) is 0 Å². The van der Waals surface area contributed by atoms with E-state index < -0.39 is 5.63 Å². The number of hydrogen-bond acceptors (Lipinski definition) is 5.